The van der Waals surface area contributed by atoms with Crippen molar-refractivity contribution in [3.63, 3.8) is 0 Å². The van der Waals surface area contributed by atoms with E-state index in [9.17, 15) is 0 Å². The summed E-state index contributed by atoms with van der Waals surface area (Å²) in [5.74, 6) is 0. The molecule has 3 rings (SSSR count). The van der Waals surface area contributed by atoms with Gasteiger partial charge in [0.05, 0.1) is 10.0 Å². The first-order valence-electron chi connectivity index (χ1n) is 6.71. The van der Waals surface area contributed by atoms with Crippen molar-refractivity contribution < 1.29 is 0 Å². The van der Waals surface area contributed by atoms with Gasteiger partial charge >= 0.3 is 0 Å². The minimum absolute atomic E-state index is 0.134. The van der Waals surface area contributed by atoms with Gasteiger partial charge in [-0.3, -0.25) is 0 Å². The Morgan fingerprint density at radius 2 is 1.57 bits per heavy atom. The summed E-state index contributed by atoms with van der Waals surface area (Å²) >= 11 is 16.2. The van der Waals surface area contributed by atoms with Crippen LogP contribution >= 0.6 is 39.1 Å². The highest BCUT2D eigenvalue weighted by Crippen LogP contribution is 2.37. The van der Waals surface area contributed by atoms with Crippen LogP contribution in [0.3, 0.4) is 0 Å². The van der Waals surface area contributed by atoms with Crippen LogP contribution in [0.1, 0.15) is 16.0 Å². The molecule has 0 aliphatic heterocycles. The zero-order chi connectivity index (χ0) is 14.8. The van der Waals surface area contributed by atoms with Gasteiger partial charge in [-0.1, -0.05) is 93.7 Å². The Morgan fingerprint density at radius 1 is 0.857 bits per heavy atom. The van der Waals surface area contributed by atoms with Gasteiger partial charge in [0, 0.05) is 4.83 Å². The van der Waals surface area contributed by atoms with E-state index in [-0.39, 0.29) is 4.83 Å². The lowest BCUT2D eigenvalue weighted by atomic mass is 9.98. The van der Waals surface area contributed by atoms with E-state index in [1.807, 2.05) is 18.2 Å². The minimum Gasteiger partial charge on any atom is -0.0835 e. The van der Waals surface area contributed by atoms with Crippen molar-refractivity contribution >= 4 is 49.9 Å². The van der Waals surface area contributed by atoms with E-state index in [0.29, 0.717) is 10.0 Å². The fourth-order valence-electron chi connectivity index (χ4n) is 2.54. The predicted octanol–water partition coefficient (Wildman–Crippen LogP) is 6.83. The van der Waals surface area contributed by atoms with E-state index in [1.54, 1.807) is 0 Å². The lowest BCUT2D eigenvalue weighted by Gasteiger charge is -2.14. The van der Waals surface area contributed by atoms with Gasteiger partial charge in [0.1, 0.15) is 0 Å². The second kappa shape index (κ2) is 6.39. The summed E-state index contributed by atoms with van der Waals surface area (Å²) in [5, 5.41) is 3.76. The maximum atomic E-state index is 6.31. The van der Waals surface area contributed by atoms with Gasteiger partial charge in [0.2, 0.25) is 0 Å². The molecular formula is C18H13BrCl2. The van der Waals surface area contributed by atoms with Crippen LogP contribution in [0.5, 0.6) is 0 Å². The summed E-state index contributed by atoms with van der Waals surface area (Å²) in [5.41, 5.74) is 2.32. The molecule has 0 fully saturated rings. The molecule has 0 heterocycles. The molecule has 1 unspecified atom stereocenters. The SMILES string of the molecule is Clc1cccc(C(Br)Cc2cccc3ccccc23)c1Cl. The quantitative estimate of drug-likeness (QED) is 0.437. The maximum Gasteiger partial charge on any atom is 0.0635 e. The summed E-state index contributed by atoms with van der Waals surface area (Å²) in [7, 11) is 0. The summed E-state index contributed by atoms with van der Waals surface area (Å²) in [6.45, 7) is 0. The highest BCUT2D eigenvalue weighted by molar-refractivity contribution is 9.09. The van der Waals surface area contributed by atoms with Crippen molar-refractivity contribution in [3.8, 4) is 0 Å². The molecule has 0 N–H and O–H groups in total. The van der Waals surface area contributed by atoms with Crippen molar-refractivity contribution in [1.82, 2.24) is 0 Å². The molecule has 0 aromatic heterocycles. The Bertz CT molecular complexity index is 778. The lowest BCUT2D eigenvalue weighted by molar-refractivity contribution is 0.958. The highest BCUT2D eigenvalue weighted by atomic mass is 79.9. The summed E-state index contributed by atoms with van der Waals surface area (Å²) < 4.78 is 0. The van der Waals surface area contributed by atoms with Gasteiger partial charge in [-0.25, -0.2) is 0 Å². The second-order valence-electron chi connectivity index (χ2n) is 4.95. The molecule has 0 saturated heterocycles. The first-order valence-corrected chi connectivity index (χ1v) is 8.38. The van der Waals surface area contributed by atoms with Crippen molar-refractivity contribution in [2.75, 3.05) is 0 Å². The molecule has 0 aliphatic rings. The van der Waals surface area contributed by atoms with Gasteiger partial charge in [-0.2, -0.15) is 0 Å². The molecule has 106 valence electrons. The van der Waals surface area contributed by atoms with Gasteiger partial charge in [-0.15, -0.1) is 0 Å². The third-order valence-electron chi connectivity index (χ3n) is 3.60. The standard InChI is InChI=1S/C18H13BrCl2/c19-16(15-9-4-10-17(20)18(15)21)11-13-7-3-6-12-5-1-2-8-14(12)13/h1-10,16H,11H2. The number of benzene rings is 3. The molecule has 0 saturated carbocycles. The molecule has 3 aromatic carbocycles. The van der Waals surface area contributed by atoms with E-state index < -0.39 is 0 Å². The summed E-state index contributed by atoms with van der Waals surface area (Å²) in [6, 6.07) is 20.6. The monoisotopic (exact) mass is 378 g/mol. The van der Waals surface area contributed by atoms with Crippen LogP contribution in [0.15, 0.2) is 60.7 Å². The molecule has 0 spiro atoms. The van der Waals surface area contributed by atoms with Crippen LogP contribution < -0.4 is 0 Å². The molecule has 21 heavy (non-hydrogen) atoms. The molecule has 3 aromatic rings. The van der Waals surface area contributed by atoms with E-state index in [0.717, 1.165) is 12.0 Å². The molecule has 3 heteroatoms. The number of fused-ring (bicyclic) bond motifs is 1. The highest BCUT2D eigenvalue weighted by Gasteiger charge is 2.15. The molecule has 0 aliphatic carbocycles. The van der Waals surface area contributed by atoms with Crippen LogP contribution in [0.2, 0.25) is 10.0 Å². The van der Waals surface area contributed by atoms with Crippen LogP contribution in [0, 0.1) is 0 Å². The van der Waals surface area contributed by atoms with Crippen molar-refractivity contribution in [3.05, 3.63) is 81.8 Å². The van der Waals surface area contributed by atoms with E-state index in [1.165, 1.54) is 16.3 Å². The van der Waals surface area contributed by atoms with E-state index in [4.69, 9.17) is 23.2 Å². The van der Waals surface area contributed by atoms with Crippen molar-refractivity contribution in [2.24, 2.45) is 0 Å². The van der Waals surface area contributed by atoms with Crippen molar-refractivity contribution in [1.29, 1.82) is 0 Å². The number of hydrogen-bond donors (Lipinski definition) is 0. The maximum absolute atomic E-state index is 6.31. The molecular weight excluding hydrogens is 367 g/mol. The molecule has 0 bridgehead atoms. The Balaban J connectivity index is 1.97. The minimum atomic E-state index is 0.134. The Hall–Kier alpha value is -1.02. The second-order valence-corrected chi connectivity index (χ2v) is 6.84. The number of hydrogen-bond acceptors (Lipinski definition) is 0. The Kier molecular flexibility index (Phi) is 4.54. The molecule has 0 nitrogen and oxygen atoms in total. The third kappa shape index (κ3) is 3.11. The van der Waals surface area contributed by atoms with E-state index >= 15 is 0 Å². The van der Waals surface area contributed by atoms with Crippen LogP contribution in [0.25, 0.3) is 10.8 Å². The first kappa shape index (κ1) is 14.9. The van der Waals surface area contributed by atoms with Gasteiger partial charge in [0.15, 0.2) is 0 Å². The average Bonchev–Trinajstić information content (AvgIpc) is 2.50. The van der Waals surface area contributed by atoms with Crippen molar-refractivity contribution in [2.45, 2.75) is 11.2 Å². The topological polar surface area (TPSA) is 0 Å². The zero-order valence-corrected chi connectivity index (χ0v) is 14.3. The largest absolute Gasteiger partial charge is 0.0835 e. The number of rotatable bonds is 3. The molecule has 0 amide bonds. The number of alkyl halides is 1. The Labute approximate surface area is 142 Å². The lowest BCUT2D eigenvalue weighted by Crippen LogP contribution is -1.97. The fourth-order valence-corrected chi connectivity index (χ4v) is 3.84. The van der Waals surface area contributed by atoms with Crippen LogP contribution in [0.4, 0.5) is 0 Å². The number of halogens is 3. The third-order valence-corrected chi connectivity index (χ3v) is 5.25. The summed E-state index contributed by atoms with van der Waals surface area (Å²) in [4.78, 5) is 0.134. The van der Waals surface area contributed by atoms with Crippen LogP contribution in [-0.4, -0.2) is 0 Å². The normalized spacial score (nSPS) is 12.5. The first-order chi connectivity index (χ1) is 10.2. The van der Waals surface area contributed by atoms with Gasteiger partial charge < -0.3 is 0 Å². The smallest absolute Gasteiger partial charge is 0.0635 e. The zero-order valence-electron chi connectivity index (χ0n) is 11.2. The molecule has 1 atom stereocenters. The predicted molar refractivity (Wildman–Crippen MR) is 95.8 cm³/mol. The average molecular weight is 380 g/mol. The molecule has 0 radical (unpaired) electrons. The van der Waals surface area contributed by atoms with Gasteiger partial charge in [0.25, 0.3) is 0 Å². The Morgan fingerprint density at radius 3 is 2.43 bits per heavy atom. The van der Waals surface area contributed by atoms with E-state index in [2.05, 4.69) is 58.4 Å². The van der Waals surface area contributed by atoms with Crippen LogP contribution in [-0.2, 0) is 6.42 Å². The van der Waals surface area contributed by atoms with Gasteiger partial charge in [-0.05, 0) is 34.4 Å². The summed E-state index contributed by atoms with van der Waals surface area (Å²) in [6.07, 6.45) is 0.863. The fraction of sp³-hybridized carbons (Fsp3) is 0.111.